The van der Waals surface area contributed by atoms with E-state index >= 15 is 0 Å². The fourth-order valence-electron chi connectivity index (χ4n) is 3.45. The molecule has 0 aliphatic heterocycles. The van der Waals surface area contributed by atoms with Gasteiger partial charge in [-0.25, -0.2) is 0 Å². The zero-order valence-electron chi connectivity index (χ0n) is 14.4. The topological polar surface area (TPSA) is 37.3 Å². The minimum absolute atomic E-state index is 0.283. The second kappa shape index (κ2) is 12.6. The van der Waals surface area contributed by atoms with Crippen LogP contribution in [0.2, 0.25) is 0 Å². The van der Waals surface area contributed by atoms with Crippen molar-refractivity contribution in [1.82, 2.24) is 0 Å². The maximum absolute atomic E-state index is 10.4. The van der Waals surface area contributed by atoms with Gasteiger partial charge < -0.3 is 5.11 Å². The summed E-state index contributed by atoms with van der Waals surface area (Å²) in [6, 6.07) is 0. The highest BCUT2D eigenvalue weighted by molar-refractivity contribution is 5.66. The van der Waals surface area contributed by atoms with E-state index in [2.05, 4.69) is 18.8 Å². The Bertz CT molecular complexity index is 350. The van der Waals surface area contributed by atoms with Crippen molar-refractivity contribution in [2.24, 2.45) is 11.8 Å². The van der Waals surface area contributed by atoms with E-state index in [1.165, 1.54) is 64.2 Å². The highest BCUT2D eigenvalue weighted by Gasteiger charge is 2.24. The lowest BCUT2D eigenvalue weighted by Crippen LogP contribution is -2.05. The Hall–Kier alpha value is -0.970. The number of aliphatic carboxylic acids is 1. The van der Waals surface area contributed by atoms with Crippen molar-refractivity contribution >= 4 is 5.97 Å². The van der Waals surface area contributed by atoms with Crippen LogP contribution in [0.25, 0.3) is 0 Å². The Morgan fingerprint density at radius 1 is 1.05 bits per heavy atom. The van der Waals surface area contributed by atoms with E-state index in [-0.39, 0.29) is 6.42 Å². The molecule has 0 aromatic heterocycles. The molecule has 2 nitrogen and oxygen atoms in total. The molecule has 1 aliphatic carbocycles. The first-order valence-corrected chi connectivity index (χ1v) is 9.44. The molecule has 0 amide bonds. The van der Waals surface area contributed by atoms with E-state index in [1.807, 2.05) is 0 Å². The second-order valence-corrected chi connectivity index (χ2v) is 6.78. The molecule has 2 heteroatoms. The number of carboxylic acid groups (broad SMARTS) is 1. The van der Waals surface area contributed by atoms with Gasteiger partial charge in [0.15, 0.2) is 0 Å². The number of unbranched alkanes of at least 4 members (excludes halogenated alkanes) is 7. The van der Waals surface area contributed by atoms with E-state index < -0.39 is 5.97 Å². The molecule has 0 bridgehead atoms. The standard InChI is InChI=1S/C20H34O2/c1-2-3-4-5-6-9-13-18-15-12-16-19(18)14-10-7-8-11-17-20(21)22/h18-19H,2-9,11-13,15-17H2,1H3,(H,21,22)/t18-,19-/m0/s1. The molecule has 1 fully saturated rings. The molecule has 1 aliphatic rings. The molecule has 22 heavy (non-hydrogen) atoms. The van der Waals surface area contributed by atoms with Crippen LogP contribution >= 0.6 is 0 Å². The molecule has 126 valence electrons. The fourth-order valence-corrected chi connectivity index (χ4v) is 3.45. The van der Waals surface area contributed by atoms with Gasteiger partial charge in [-0.3, -0.25) is 4.79 Å². The molecule has 0 aromatic rings. The van der Waals surface area contributed by atoms with E-state index in [9.17, 15) is 4.79 Å². The van der Waals surface area contributed by atoms with Crippen molar-refractivity contribution in [3.63, 3.8) is 0 Å². The summed E-state index contributed by atoms with van der Waals surface area (Å²) in [4.78, 5) is 10.4. The number of carboxylic acids is 1. The van der Waals surface area contributed by atoms with Crippen molar-refractivity contribution in [1.29, 1.82) is 0 Å². The van der Waals surface area contributed by atoms with Gasteiger partial charge in [0.1, 0.15) is 0 Å². The summed E-state index contributed by atoms with van der Waals surface area (Å²) in [6.45, 7) is 2.27. The number of carbonyl (C=O) groups is 1. The van der Waals surface area contributed by atoms with Crippen molar-refractivity contribution in [3.8, 4) is 11.8 Å². The molecule has 0 unspecified atom stereocenters. The molecule has 0 saturated heterocycles. The number of rotatable bonds is 11. The van der Waals surface area contributed by atoms with Gasteiger partial charge in [0.25, 0.3) is 0 Å². The van der Waals surface area contributed by atoms with E-state index in [0.29, 0.717) is 5.92 Å². The Labute approximate surface area is 137 Å². The minimum Gasteiger partial charge on any atom is -0.481 e. The van der Waals surface area contributed by atoms with Crippen LogP contribution in [0.15, 0.2) is 0 Å². The first-order valence-electron chi connectivity index (χ1n) is 9.44. The number of hydrogen-bond acceptors (Lipinski definition) is 1. The summed E-state index contributed by atoms with van der Waals surface area (Å²) in [5.41, 5.74) is 0. The lowest BCUT2D eigenvalue weighted by Gasteiger charge is -2.14. The molecule has 2 atom stereocenters. The maximum Gasteiger partial charge on any atom is 0.303 e. The van der Waals surface area contributed by atoms with Crippen LogP contribution in [0.5, 0.6) is 0 Å². The van der Waals surface area contributed by atoms with Crippen molar-refractivity contribution < 1.29 is 9.90 Å². The highest BCUT2D eigenvalue weighted by Crippen LogP contribution is 2.35. The van der Waals surface area contributed by atoms with Crippen LogP contribution in [-0.2, 0) is 4.79 Å². The Morgan fingerprint density at radius 2 is 1.82 bits per heavy atom. The molecule has 0 spiro atoms. The van der Waals surface area contributed by atoms with Gasteiger partial charge in [-0.15, -0.1) is 5.92 Å². The van der Waals surface area contributed by atoms with Crippen LogP contribution in [0.3, 0.4) is 0 Å². The predicted molar refractivity (Wildman–Crippen MR) is 92.7 cm³/mol. The summed E-state index contributed by atoms with van der Waals surface area (Å²) in [7, 11) is 0. The molecular formula is C20H34O2. The molecular weight excluding hydrogens is 272 g/mol. The quantitative estimate of drug-likeness (QED) is 0.387. The Morgan fingerprint density at radius 3 is 2.59 bits per heavy atom. The molecule has 1 N–H and O–H groups in total. The van der Waals surface area contributed by atoms with Crippen molar-refractivity contribution in [2.75, 3.05) is 0 Å². The van der Waals surface area contributed by atoms with Crippen LogP contribution in [-0.4, -0.2) is 11.1 Å². The Kier molecular flexibility index (Phi) is 10.9. The molecule has 1 saturated carbocycles. The lowest BCUT2D eigenvalue weighted by atomic mass is 9.90. The smallest absolute Gasteiger partial charge is 0.303 e. The molecule has 1 rings (SSSR count). The van der Waals surface area contributed by atoms with E-state index in [4.69, 9.17) is 5.11 Å². The molecule has 0 radical (unpaired) electrons. The molecule has 0 aromatic carbocycles. The van der Waals surface area contributed by atoms with Gasteiger partial charge in [0, 0.05) is 18.8 Å². The largest absolute Gasteiger partial charge is 0.481 e. The third-order valence-corrected chi connectivity index (χ3v) is 4.82. The highest BCUT2D eigenvalue weighted by atomic mass is 16.4. The monoisotopic (exact) mass is 306 g/mol. The number of hydrogen-bond donors (Lipinski definition) is 1. The summed E-state index contributed by atoms with van der Waals surface area (Å²) in [5, 5.41) is 8.59. The SMILES string of the molecule is CCCCCCCC[C@H]1CCC[C@@H]1C#CCCCCC(=O)O. The van der Waals surface area contributed by atoms with Crippen molar-refractivity contribution in [3.05, 3.63) is 0 Å². The van der Waals surface area contributed by atoms with Gasteiger partial charge in [-0.2, -0.15) is 0 Å². The van der Waals surface area contributed by atoms with Crippen LogP contribution in [0.4, 0.5) is 0 Å². The summed E-state index contributed by atoms with van der Waals surface area (Å²) >= 11 is 0. The summed E-state index contributed by atoms with van der Waals surface area (Å²) in [5.74, 6) is 7.55. The van der Waals surface area contributed by atoms with Gasteiger partial charge in [0.2, 0.25) is 0 Å². The van der Waals surface area contributed by atoms with Crippen LogP contribution < -0.4 is 0 Å². The average molecular weight is 306 g/mol. The average Bonchev–Trinajstić information content (AvgIpc) is 2.93. The Balaban J connectivity index is 2.11. The van der Waals surface area contributed by atoms with E-state index in [1.54, 1.807) is 0 Å². The van der Waals surface area contributed by atoms with Crippen LogP contribution in [0.1, 0.15) is 96.8 Å². The zero-order chi connectivity index (χ0) is 16.0. The van der Waals surface area contributed by atoms with E-state index in [0.717, 1.165) is 25.2 Å². The first-order chi connectivity index (χ1) is 10.7. The van der Waals surface area contributed by atoms with Crippen LogP contribution in [0, 0.1) is 23.7 Å². The second-order valence-electron chi connectivity index (χ2n) is 6.78. The van der Waals surface area contributed by atoms with Gasteiger partial charge in [-0.1, -0.05) is 57.8 Å². The lowest BCUT2D eigenvalue weighted by molar-refractivity contribution is -0.137. The molecule has 0 heterocycles. The third-order valence-electron chi connectivity index (χ3n) is 4.82. The summed E-state index contributed by atoms with van der Waals surface area (Å²) in [6.07, 6.45) is 16.5. The third kappa shape index (κ3) is 9.13. The predicted octanol–water partition coefficient (Wildman–Crippen LogP) is 5.80. The minimum atomic E-state index is -0.692. The van der Waals surface area contributed by atoms with Gasteiger partial charge in [0.05, 0.1) is 0 Å². The first kappa shape index (κ1) is 19.1. The normalized spacial score (nSPS) is 20.6. The maximum atomic E-state index is 10.4. The summed E-state index contributed by atoms with van der Waals surface area (Å²) < 4.78 is 0. The fraction of sp³-hybridized carbons (Fsp3) is 0.850. The van der Waals surface area contributed by atoms with Crippen molar-refractivity contribution in [2.45, 2.75) is 96.8 Å². The van der Waals surface area contributed by atoms with Gasteiger partial charge in [-0.05, 0) is 38.0 Å². The van der Waals surface area contributed by atoms with Gasteiger partial charge >= 0.3 is 5.97 Å². The zero-order valence-corrected chi connectivity index (χ0v) is 14.4.